The number of hydrogen-bond donors (Lipinski definition) is 2. The van der Waals surface area contributed by atoms with E-state index in [1.165, 1.54) is 13.2 Å². The van der Waals surface area contributed by atoms with E-state index in [-0.39, 0.29) is 16.5 Å². The van der Waals surface area contributed by atoms with Crippen LogP contribution in [0.15, 0.2) is 58.4 Å². The van der Waals surface area contributed by atoms with Gasteiger partial charge in [-0.2, -0.15) is 18.3 Å². The van der Waals surface area contributed by atoms with E-state index in [1.54, 1.807) is 31.2 Å². The minimum atomic E-state index is -4.64. The van der Waals surface area contributed by atoms with Gasteiger partial charge in [0.1, 0.15) is 17.8 Å². The number of anilines is 1. The molecule has 3 heterocycles. The topological polar surface area (TPSA) is 128 Å². The molecule has 0 aliphatic heterocycles. The van der Waals surface area contributed by atoms with Crippen LogP contribution in [-0.4, -0.2) is 35.5 Å². The third-order valence-electron chi connectivity index (χ3n) is 5.53. The number of aromatic nitrogens is 5. The highest BCUT2D eigenvalue weighted by Crippen LogP contribution is 2.38. The van der Waals surface area contributed by atoms with Gasteiger partial charge in [-0.1, -0.05) is 41.9 Å². The van der Waals surface area contributed by atoms with Crippen molar-refractivity contribution in [3.05, 3.63) is 87.1 Å². The van der Waals surface area contributed by atoms with Crippen molar-refractivity contribution in [3.63, 3.8) is 0 Å². The van der Waals surface area contributed by atoms with E-state index in [0.29, 0.717) is 11.8 Å². The molecule has 188 valence electrons. The van der Waals surface area contributed by atoms with E-state index in [4.69, 9.17) is 11.6 Å². The van der Waals surface area contributed by atoms with Crippen LogP contribution >= 0.6 is 11.6 Å². The first-order valence-corrected chi connectivity index (χ1v) is 10.7. The Morgan fingerprint density at radius 1 is 1.25 bits per heavy atom. The lowest BCUT2D eigenvalue weighted by atomic mass is 9.93. The van der Waals surface area contributed by atoms with Gasteiger partial charge in [-0.3, -0.25) is 18.8 Å². The number of amides is 1. The Morgan fingerprint density at radius 2 is 1.97 bits per heavy atom. The number of halogens is 4. The summed E-state index contributed by atoms with van der Waals surface area (Å²) in [5.41, 5.74) is -1.94. The predicted molar refractivity (Wildman–Crippen MR) is 121 cm³/mol. The van der Waals surface area contributed by atoms with Gasteiger partial charge in [-0.25, -0.2) is 4.98 Å². The molecule has 4 aromatic rings. The van der Waals surface area contributed by atoms with Crippen LogP contribution in [0.25, 0.3) is 0 Å². The summed E-state index contributed by atoms with van der Waals surface area (Å²) in [6.07, 6.45) is -0.810. The zero-order chi connectivity index (χ0) is 26.2. The molecule has 4 rings (SSSR count). The number of alkyl halides is 3. The summed E-state index contributed by atoms with van der Waals surface area (Å²) in [5.74, 6) is -2.70. The molecule has 14 heteroatoms. The molecule has 0 bridgehead atoms. The summed E-state index contributed by atoms with van der Waals surface area (Å²) in [6, 6.07) is 5.50. The monoisotopic (exact) mass is 522 g/mol. The fourth-order valence-corrected chi connectivity index (χ4v) is 4.01. The molecule has 1 aromatic carbocycles. The maximum Gasteiger partial charge on any atom is 0.419 e. The molecule has 0 aliphatic carbocycles. The van der Waals surface area contributed by atoms with Crippen molar-refractivity contribution in [3.8, 4) is 5.75 Å². The van der Waals surface area contributed by atoms with Crippen molar-refractivity contribution < 1.29 is 27.6 Å². The molecule has 0 radical (unpaired) electrons. The normalized spacial score (nSPS) is 13.4. The second-order valence-electron chi connectivity index (χ2n) is 7.86. The first-order valence-electron chi connectivity index (χ1n) is 10.4. The highest BCUT2D eigenvalue weighted by molar-refractivity contribution is 6.31. The van der Waals surface area contributed by atoms with E-state index in [0.717, 1.165) is 21.7 Å². The van der Waals surface area contributed by atoms with Crippen molar-refractivity contribution in [2.24, 2.45) is 7.05 Å². The summed E-state index contributed by atoms with van der Waals surface area (Å²) in [7, 11) is 1.32. The summed E-state index contributed by atoms with van der Waals surface area (Å²) in [6.45, 7) is 1.59. The van der Waals surface area contributed by atoms with E-state index in [9.17, 15) is 27.9 Å². The van der Waals surface area contributed by atoms with Crippen LogP contribution in [0.3, 0.4) is 0 Å². The number of aromatic hydroxyl groups is 1. The minimum absolute atomic E-state index is 0.0118. The van der Waals surface area contributed by atoms with Crippen molar-refractivity contribution >= 4 is 23.2 Å². The first kappa shape index (κ1) is 25.0. The van der Waals surface area contributed by atoms with Crippen LogP contribution in [-0.2, 0) is 13.2 Å². The second-order valence-corrected chi connectivity index (χ2v) is 8.27. The summed E-state index contributed by atoms with van der Waals surface area (Å²) < 4.78 is 46.6. The maximum absolute atomic E-state index is 13.3. The molecule has 2 atom stereocenters. The van der Waals surface area contributed by atoms with E-state index >= 15 is 0 Å². The molecular formula is C22H18ClF3N6O4. The van der Waals surface area contributed by atoms with Crippen LogP contribution < -0.4 is 10.9 Å². The fourth-order valence-electron chi connectivity index (χ4n) is 3.76. The number of rotatable bonds is 6. The van der Waals surface area contributed by atoms with Gasteiger partial charge in [0.2, 0.25) is 5.75 Å². The highest BCUT2D eigenvalue weighted by Gasteiger charge is 2.35. The van der Waals surface area contributed by atoms with Crippen LogP contribution in [0.5, 0.6) is 5.75 Å². The molecule has 2 N–H and O–H groups in total. The molecule has 0 unspecified atom stereocenters. The summed E-state index contributed by atoms with van der Waals surface area (Å²) >= 11 is 6.38. The number of hydrogen-bond acceptors (Lipinski definition) is 7. The number of benzene rings is 1. The zero-order valence-electron chi connectivity index (χ0n) is 18.7. The smallest absolute Gasteiger partial charge is 0.419 e. The number of nitrogens with zero attached hydrogens (tertiary/aromatic N) is 5. The third kappa shape index (κ3) is 4.69. The molecule has 0 saturated carbocycles. The van der Waals surface area contributed by atoms with E-state index in [1.807, 2.05) is 0 Å². The van der Waals surface area contributed by atoms with E-state index in [2.05, 4.69) is 25.1 Å². The Balaban J connectivity index is 1.85. The molecule has 0 saturated heterocycles. The van der Waals surface area contributed by atoms with Crippen molar-refractivity contribution in [1.29, 1.82) is 0 Å². The van der Waals surface area contributed by atoms with Crippen LogP contribution in [0, 0.1) is 0 Å². The highest BCUT2D eigenvalue weighted by atomic mass is 35.5. The molecule has 1 amide bonds. The quantitative estimate of drug-likeness (QED) is 0.392. The Kier molecular flexibility index (Phi) is 6.59. The first-order chi connectivity index (χ1) is 17.0. The standard InChI is InChI=1S/C22H18ClF3N6O4/c1-11(17(14-5-3-4-6-15(14)23)32-9-12(7-27-32)22(24,25)26)19-30-16(18(33)21(35)31(19)2)20(34)29-13-8-28-36-10-13/h3-11,17,33H,1-2H3,(H,29,34)/t11-,17-/m1/s1. The lowest BCUT2D eigenvalue weighted by Gasteiger charge is -2.27. The second kappa shape index (κ2) is 9.49. The van der Waals surface area contributed by atoms with Gasteiger partial charge in [-0.05, 0) is 11.6 Å². The molecular weight excluding hydrogens is 505 g/mol. The van der Waals surface area contributed by atoms with Gasteiger partial charge in [0, 0.05) is 24.2 Å². The predicted octanol–water partition coefficient (Wildman–Crippen LogP) is 3.99. The Hall–Kier alpha value is -4.13. The molecule has 0 aliphatic rings. The van der Waals surface area contributed by atoms with Crippen molar-refractivity contribution in [1.82, 2.24) is 24.5 Å². The fraction of sp³-hybridized carbons (Fsp3) is 0.227. The zero-order valence-corrected chi connectivity index (χ0v) is 19.4. The van der Waals surface area contributed by atoms with Crippen LogP contribution in [0.4, 0.5) is 18.9 Å². The van der Waals surface area contributed by atoms with Crippen LogP contribution in [0.2, 0.25) is 5.02 Å². The Labute approximate surface area is 205 Å². The molecule has 0 spiro atoms. The lowest BCUT2D eigenvalue weighted by molar-refractivity contribution is -0.137. The SMILES string of the molecule is C[C@@H](c1nc(C(=O)Nc2cnoc2)c(O)c(=O)n1C)[C@H](c1ccccc1Cl)n1cc(C(F)(F)F)cn1. The summed E-state index contributed by atoms with van der Waals surface area (Å²) in [4.78, 5) is 29.7. The van der Waals surface area contributed by atoms with Crippen molar-refractivity contribution in [2.45, 2.75) is 25.1 Å². The third-order valence-corrected chi connectivity index (χ3v) is 5.87. The number of carbonyl (C=O) groups is 1. The van der Waals surface area contributed by atoms with Gasteiger partial charge >= 0.3 is 6.18 Å². The van der Waals surface area contributed by atoms with E-state index < -0.39 is 46.6 Å². The average Bonchev–Trinajstić information content (AvgIpc) is 3.51. The summed E-state index contributed by atoms with van der Waals surface area (Å²) in [5, 5.41) is 20.3. The van der Waals surface area contributed by atoms with Gasteiger partial charge in [0.15, 0.2) is 5.69 Å². The maximum atomic E-state index is 13.3. The van der Waals surface area contributed by atoms with Crippen LogP contribution in [0.1, 0.15) is 46.3 Å². The molecule has 3 aromatic heterocycles. The van der Waals surface area contributed by atoms with Crippen molar-refractivity contribution in [2.75, 3.05) is 5.32 Å². The van der Waals surface area contributed by atoms with Gasteiger partial charge < -0.3 is 14.9 Å². The number of nitrogens with one attached hydrogen (secondary N) is 1. The van der Waals surface area contributed by atoms with Gasteiger partial charge in [-0.15, -0.1) is 0 Å². The molecule has 0 fully saturated rings. The lowest BCUT2D eigenvalue weighted by Crippen LogP contribution is -2.30. The Morgan fingerprint density at radius 3 is 2.58 bits per heavy atom. The minimum Gasteiger partial charge on any atom is -0.501 e. The van der Waals surface area contributed by atoms with Gasteiger partial charge in [0.05, 0.1) is 24.0 Å². The average molecular weight is 523 g/mol. The largest absolute Gasteiger partial charge is 0.501 e. The molecule has 36 heavy (non-hydrogen) atoms. The Bertz CT molecular complexity index is 1470. The number of carbonyl (C=O) groups excluding carboxylic acids is 1. The van der Waals surface area contributed by atoms with Gasteiger partial charge in [0.25, 0.3) is 11.5 Å². The molecule has 10 nitrogen and oxygen atoms in total.